The first-order chi connectivity index (χ1) is 6.74. The van der Waals surface area contributed by atoms with Gasteiger partial charge >= 0.3 is 0 Å². The highest BCUT2D eigenvalue weighted by Crippen LogP contribution is 2.33. The monoisotopic (exact) mass is 208 g/mol. The predicted octanol–water partition coefficient (Wildman–Crippen LogP) is 2.23. The van der Waals surface area contributed by atoms with Gasteiger partial charge in [-0.05, 0) is 25.0 Å². The molecule has 72 valence electrons. The Morgan fingerprint density at radius 2 is 2.21 bits per heavy atom. The fourth-order valence-electron chi connectivity index (χ4n) is 1.21. The highest BCUT2D eigenvalue weighted by molar-refractivity contribution is 7.17. The van der Waals surface area contributed by atoms with E-state index in [0.29, 0.717) is 5.89 Å². The van der Waals surface area contributed by atoms with Gasteiger partial charge in [0.05, 0.1) is 9.75 Å². The molecule has 14 heavy (non-hydrogen) atoms. The summed E-state index contributed by atoms with van der Waals surface area (Å²) in [6, 6.07) is 0. The number of thiophene rings is 1. The highest BCUT2D eigenvalue weighted by atomic mass is 32.1. The van der Waals surface area contributed by atoms with Gasteiger partial charge in [0.15, 0.2) is 12.6 Å². The SMILES string of the molecule is Cc1c(C=O)sc(-c2ncno2)c1C. The van der Waals surface area contributed by atoms with Gasteiger partial charge < -0.3 is 4.52 Å². The second kappa shape index (κ2) is 3.34. The van der Waals surface area contributed by atoms with Crippen molar-refractivity contribution >= 4 is 17.6 Å². The first kappa shape index (κ1) is 9.08. The molecular formula is C9H8N2O2S. The first-order valence-electron chi connectivity index (χ1n) is 4.06. The summed E-state index contributed by atoms with van der Waals surface area (Å²) >= 11 is 1.38. The van der Waals surface area contributed by atoms with E-state index < -0.39 is 0 Å². The van der Waals surface area contributed by atoms with Crippen molar-refractivity contribution in [2.24, 2.45) is 0 Å². The van der Waals surface area contributed by atoms with Gasteiger partial charge in [-0.25, -0.2) is 0 Å². The summed E-state index contributed by atoms with van der Waals surface area (Å²) < 4.78 is 4.95. The van der Waals surface area contributed by atoms with Crippen LogP contribution in [0.15, 0.2) is 10.9 Å². The molecule has 0 fully saturated rings. The lowest BCUT2D eigenvalue weighted by atomic mass is 10.1. The van der Waals surface area contributed by atoms with Gasteiger partial charge in [0.1, 0.15) is 0 Å². The van der Waals surface area contributed by atoms with E-state index in [2.05, 4.69) is 10.1 Å². The Morgan fingerprint density at radius 3 is 2.71 bits per heavy atom. The third-order valence-corrected chi connectivity index (χ3v) is 3.45. The van der Waals surface area contributed by atoms with Crippen LogP contribution < -0.4 is 0 Å². The molecule has 0 saturated carbocycles. The van der Waals surface area contributed by atoms with E-state index in [1.165, 1.54) is 17.7 Å². The van der Waals surface area contributed by atoms with Crippen molar-refractivity contribution in [3.63, 3.8) is 0 Å². The standard InChI is InChI=1S/C9H8N2O2S/c1-5-6(2)8(14-7(5)3-12)9-10-4-11-13-9/h3-4H,1-2H3. The molecule has 0 aliphatic heterocycles. The quantitative estimate of drug-likeness (QED) is 0.710. The van der Waals surface area contributed by atoms with Crippen LogP contribution >= 0.6 is 11.3 Å². The van der Waals surface area contributed by atoms with Gasteiger partial charge in [0.25, 0.3) is 5.89 Å². The Balaban J connectivity index is 2.60. The zero-order valence-corrected chi connectivity index (χ0v) is 8.59. The molecule has 0 N–H and O–H groups in total. The molecule has 0 radical (unpaired) electrons. The Hall–Kier alpha value is -1.49. The van der Waals surface area contributed by atoms with Crippen molar-refractivity contribution in [1.82, 2.24) is 10.1 Å². The van der Waals surface area contributed by atoms with Crippen molar-refractivity contribution < 1.29 is 9.32 Å². The summed E-state index contributed by atoms with van der Waals surface area (Å²) in [7, 11) is 0. The molecule has 2 heterocycles. The summed E-state index contributed by atoms with van der Waals surface area (Å²) in [5.74, 6) is 0.476. The predicted molar refractivity (Wildman–Crippen MR) is 52.5 cm³/mol. The molecule has 0 spiro atoms. The molecular weight excluding hydrogens is 200 g/mol. The molecule has 0 saturated heterocycles. The van der Waals surface area contributed by atoms with Crippen LogP contribution in [0.25, 0.3) is 10.8 Å². The van der Waals surface area contributed by atoms with Crippen LogP contribution in [-0.2, 0) is 0 Å². The van der Waals surface area contributed by atoms with Crippen molar-refractivity contribution in [1.29, 1.82) is 0 Å². The summed E-state index contributed by atoms with van der Waals surface area (Å²) in [6.45, 7) is 3.85. The fraction of sp³-hybridized carbons (Fsp3) is 0.222. The van der Waals surface area contributed by atoms with Crippen LogP contribution in [0, 0.1) is 13.8 Å². The van der Waals surface area contributed by atoms with Crippen molar-refractivity contribution in [3.05, 3.63) is 22.3 Å². The Kier molecular flexibility index (Phi) is 2.17. The van der Waals surface area contributed by atoms with E-state index in [0.717, 1.165) is 27.2 Å². The van der Waals surface area contributed by atoms with Crippen LogP contribution in [0.2, 0.25) is 0 Å². The van der Waals surface area contributed by atoms with Crippen molar-refractivity contribution in [2.45, 2.75) is 13.8 Å². The van der Waals surface area contributed by atoms with E-state index in [4.69, 9.17) is 4.52 Å². The van der Waals surface area contributed by atoms with E-state index >= 15 is 0 Å². The first-order valence-corrected chi connectivity index (χ1v) is 4.88. The fourth-order valence-corrected chi connectivity index (χ4v) is 2.27. The third kappa shape index (κ3) is 1.26. The van der Waals surface area contributed by atoms with Crippen LogP contribution in [0.4, 0.5) is 0 Å². The average molecular weight is 208 g/mol. The minimum Gasteiger partial charge on any atom is -0.333 e. The molecule has 0 aliphatic rings. The average Bonchev–Trinajstić information content (AvgIpc) is 2.78. The van der Waals surface area contributed by atoms with Crippen LogP contribution in [0.5, 0.6) is 0 Å². The summed E-state index contributed by atoms with van der Waals surface area (Å²) in [4.78, 5) is 16.3. The molecule has 5 heteroatoms. The summed E-state index contributed by atoms with van der Waals surface area (Å²) in [6.07, 6.45) is 2.21. The van der Waals surface area contributed by atoms with Gasteiger partial charge in [0.2, 0.25) is 0 Å². The Bertz CT molecular complexity index is 459. The summed E-state index contributed by atoms with van der Waals surface area (Å²) in [5.41, 5.74) is 2.01. The van der Waals surface area contributed by atoms with Crippen LogP contribution in [-0.4, -0.2) is 16.4 Å². The Morgan fingerprint density at radius 1 is 1.43 bits per heavy atom. The number of carbonyl (C=O) groups excluding carboxylic acids is 1. The normalized spacial score (nSPS) is 10.4. The zero-order valence-electron chi connectivity index (χ0n) is 7.77. The minimum atomic E-state index is 0.476. The topological polar surface area (TPSA) is 56.0 Å². The number of hydrogen-bond donors (Lipinski definition) is 0. The molecule has 0 atom stereocenters. The van der Waals surface area contributed by atoms with Gasteiger partial charge in [-0.2, -0.15) is 4.98 Å². The van der Waals surface area contributed by atoms with Crippen LogP contribution in [0.3, 0.4) is 0 Å². The molecule has 2 aromatic rings. The second-order valence-electron chi connectivity index (χ2n) is 2.91. The molecule has 0 aromatic carbocycles. The number of rotatable bonds is 2. The van der Waals surface area contributed by atoms with E-state index in [-0.39, 0.29) is 0 Å². The lowest BCUT2D eigenvalue weighted by Gasteiger charge is -1.91. The Labute approximate surface area is 84.6 Å². The van der Waals surface area contributed by atoms with Crippen molar-refractivity contribution in [2.75, 3.05) is 0 Å². The maximum absolute atomic E-state index is 10.7. The molecule has 4 nitrogen and oxygen atoms in total. The number of aldehydes is 1. The minimum absolute atomic E-state index is 0.476. The zero-order chi connectivity index (χ0) is 10.1. The smallest absolute Gasteiger partial charge is 0.268 e. The van der Waals surface area contributed by atoms with Crippen LogP contribution in [0.1, 0.15) is 20.8 Å². The third-order valence-electron chi connectivity index (χ3n) is 2.15. The summed E-state index contributed by atoms with van der Waals surface area (Å²) in [5, 5.41) is 3.54. The van der Waals surface area contributed by atoms with Crippen molar-refractivity contribution in [3.8, 4) is 10.8 Å². The second-order valence-corrected chi connectivity index (χ2v) is 3.96. The largest absolute Gasteiger partial charge is 0.333 e. The molecule has 0 bridgehead atoms. The molecule has 0 aliphatic carbocycles. The maximum atomic E-state index is 10.7. The van der Waals surface area contributed by atoms with Gasteiger partial charge in [-0.3, -0.25) is 4.79 Å². The highest BCUT2D eigenvalue weighted by Gasteiger charge is 2.15. The number of carbonyl (C=O) groups is 1. The molecule has 0 amide bonds. The van der Waals surface area contributed by atoms with Gasteiger partial charge in [-0.15, -0.1) is 11.3 Å². The van der Waals surface area contributed by atoms with E-state index in [1.54, 1.807) is 0 Å². The van der Waals surface area contributed by atoms with Gasteiger partial charge in [-0.1, -0.05) is 5.16 Å². The number of nitrogens with zero attached hydrogens (tertiary/aromatic N) is 2. The lowest BCUT2D eigenvalue weighted by molar-refractivity contribution is 0.112. The molecule has 2 aromatic heterocycles. The lowest BCUT2D eigenvalue weighted by Crippen LogP contribution is -1.79. The number of aromatic nitrogens is 2. The molecule has 2 rings (SSSR count). The molecule has 0 unspecified atom stereocenters. The number of hydrogen-bond acceptors (Lipinski definition) is 5. The van der Waals surface area contributed by atoms with Gasteiger partial charge in [0, 0.05) is 0 Å². The van der Waals surface area contributed by atoms with E-state index in [1.807, 2.05) is 13.8 Å². The van der Waals surface area contributed by atoms with E-state index in [9.17, 15) is 4.79 Å². The maximum Gasteiger partial charge on any atom is 0.268 e.